The van der Waals surface area contributed by atoms with Crippen molar-refractivity contribution in [2.24, 2.45) is 11.8 Å². The van der Waals surface area contributed by atoms with Crippen LogP contribution in [-0.2, 0) is 23.9 Å². The van der Waals surface area contributed by atoms with Gasteiger partial charge in [0.15, 0.2) is 0 Å². The van der Waals surface area contributed by atoms with Gasteiger partial charge in [0.1, 0.15) is 24.6 Å². The van der Waals surface area contributed by atoms with Crippen LogP contribution in [0, 0.1) is 11.8 Å². The van der Waals surface area contributed by atoms with Crippen LogP contribution < -0.4 is 0 Å². The van der Waals surface area contributed by atoms with Crippen molar-refractivity contribution in [3.05, 3.63) is 35.5 Å². The summed E-state index contributed by atoms with van der Waals surface area (Å²) < 4.78 is 10.9. The summed E-state index contributed by atoms with van der Waals surface area (Å²) in [6.07, 6.45) is 1.57. The Morgan fingerprint density at radius 2 is 2.22 bits per heavy atom. The Hall–Kier alpha value is -2.25. The van der Waals surface area contributed by atoms with Crippen molar-refractivity contribution in [3.8, 4) is 0 Å². The minimum Gasteiger partial charge on any atom is -0.458 e. The van der Waals surface area contributed by atoms with E-state index in [0.717, 1.165) is 0 Å². The van der Waals surface area contributed by atoms with E-state index in [-0.39, 0.29) is 17.8 Å². The lowest BCUT2D eigenvalue weighted by Crippen LogP contribution is -2.43. The summed E-state index contributed by atoms with van der Waals surface area (Å²) in [5.74, 6) is -2.47. The Morgan fingerprint density at radius 3 is 2.81 bits per heavy atom. The van der Waals surface area contributed by atoms with Gasteiger partial charge in [-0.05, 0) is 30.9 Å². The highest BCUT2D eigenvalue weighted by Gasteiger charge is 2.48. The highest BCUT2D eigenvalue weighted by Crippen LogP contribution is 2.36. The standard InChI is InChI=1S/C20H26O7/c1-4-11(2)19(24)27-18-16-12(3)20(25)26-15(16)8-13(9-21)6-5-7-14(10-22)17(18)23/h7-8,10-11,15-18,21,23H,3-6,9H2,1-2H3/b13-8-,14-7+/t11-,15-,16+,17+,18+/m1/s1. The quantitative estimate of drug-likeness (QED) is 0.320. The molecule has 0 aromatic heterocycles. The van der Waals surface area contributed by atoms with Gasteiger partial charge in [0.05, 0.1) is 18.4 Å². The molecule has 0 aromatic carbocycles. The first-order valence-corrected chi connectivity index (χ1v) is 9.08. The number of hydrogen-bond donors (Lipinski definition) is 2. The summed E-state index contributed by atoms with van der Waals surface area (Å²) in [5.41, 5.74) is 0.736. The van der Waals surface area contributed by atoms with Gasteiger partial charge in [0, 0.05) is 11.1 Å². The molecule has 0 aromatic rings. The van der Waals surface area contributed by atoms with Gasteiger partial charge in [0.25, 0.3) is 0 Å². The van der Waals surface area contributed by atoms with Gasteiger partial charge in [-0.1, -0.05) is 26.5 Å². The van der Waals surface area contributed by atoms with Gasteiger partial charge in [-0.15, -0.1) is 0 Å². The molecular weight excluding hydrogens is 352 g/mol. The fourth-order valence-electron chi connectivity index (χ4n) is 3.18. The number of allylic oxidation sites excluding steroid dienone is 1. The van der Waals surface area contributed by atoms with Crippen LogP contribution in [0.1, 0.15) is 33.1 Å². The van der Waals surface area contributed by atoms with Crippen LogP contribution in [0.25, 0.3) is 0 Å². The molecule has 2 aliphatic rings. The summed E-state index contributed by atoms with van der Waals surface area (Å²) in [5, 5.41) is 20.3. The van der Waals surface area contributed by atoms with Crippen LogP contribution in [0.5, 0.6) is 0 Å². The Bertz CT molecular complexity index is 676. The molecule has 2 rings (SSSR count). The van der Waals surface area contributed by atoms with Gasteiger partial charge in [-0.2, -0.15) is 0 Å². The van der Waals surface area contributed by atoms with E-state index in [1.54, 1.807) is 19.1 Å². The SMILES string of the molecule is C=C1C(=O)O[C@@H]2/C=C(\CO)CC/C=C(\C=O)[C@H](O)[C@@H](OC(=O)[C@H](C)CC)[C@@H]12. The molecule has 0 amide bonds. The Labute approximate surface area is 158 Å². The second kappa shape index (κ2) is 9.10. The van der Waals surface area contributed by atoms with E-state index in [1.807, 2.05) is 6.92 Å². The molecule has 0 saturated carbocycles. The molecule has 5 atom stereocenters. The van der Waals surface area contributed by atoms with Crippen molar-refractivity contribution < 1.29 is 34.1 Å². The summed E-state index contributed by atoms with van der Waals surface area (Å²) >= 11 is 0. The van der Waals surface area contributed by atoms with Crippen molar-refractivity contribution in [3.63, 3.8) is 0 Å². The zero-order valence-electron chi connectivity index (χ0n) is 15.6. The number of ether oxygens (including phenoxy) is 2. The van der Waals surface area contributed by atoms with E-state index >= 15 is 0 Å². The monoisotopic (exact) mass is 378 g/mol. The number of aliphatic hydroxyl groups excluding tert-OH is 2. The smallest absolute Gasteiger partial charge is 0.334 e. The molecular formula is C20H26O7. The molecule has 7 heteroatoms. The second-order valence-electron chi connectivity index (χ2n) is 6.92. The highest BCUT2D eigenvalue weighted by molar-refractivity contribution is 5.91. The third-order valence-electron chi connectivity index (χ3n) is 5.12. The van der Waals surface area contributed by atoms with E-state index in [1.165, 1.54) is 0 Å². The van der Waals surface area contributed by atoms with Crippen LogP contribution in [0.4, 0.5) is 0 Å². The lowest BCUT2D eigenvalue weighted by atomic mass is 9.83. The van der Waals surface area contributed by atoms with E-state index in [2.05, 4.69) is 6.58 Å². The first kappa shape index (κ1) is 21.1. The minimum absolute atomic E-state index is 0.0559. The van der Waals surface area contributed by atoms with Crippen molar-refractivity contribution in [2.45, 2.75) is 51.4 Å². The molecule has 7 nitrogen and oxygen atoms in total. The maximum Gasteiger partial charge on any atom is 0.334 e. The summed E-state index contributed by atoms with van der Waals surface area (Å²) in [6, 6.07) is 0. The largest absolute Gasteiger partial charge is 0.458 e. The molecule has 2 N–H and O–H groups in total. The first-order valence-electron chi connectivity index (χ1n) is 9.08. The van der Waals surface area contributed by atoms with Gasteiger partial charge in [-0.25, -0.2) is 4.79 Å². The molecule has 0 bridgehead atoms. The molecule has 27 heavy (non-hydrogen) atoms. The maximum atomic E-state index is 12.4. The van der Waals surface area contributed by atoms with Gasteiger partial charge < -0.3 is 19.7 Å². The molecule has 1 aliphatic heterocycles. The highest BCUT2D eigenvalue weighted by atomic mass is 16.6. The van der Waals surface area contributed by atoms with Crippen LogP contribution in [-0.4, -0.2) is 53.4 Å². The van der Waals surface area contributed by atoms with Crippen LogP contribution in [0.15, 0.2) is 35.5 Å². The number of esters is 2. The number of fused-ring (bicyclic) bond motifs is 1. The van der Waals surface area contributed by atoms with Gasteiger partial charge >= 0.3 is 11.9 Å². The van der Waals surface area contributed by atoms with Crippen molar-refractivity contribution in [1.29, 1.82) is 0 Å². The van der Waals surface area contributed by atoms with E-state index in [0.29, 0.717) is 31.1 Å². The van der Waals surface area contributed by atoms with Crippen LogP contribution >= 0.6 is 0 Å². The van der Waals surface area contributed by atoms with E-state index < -0.39 is 42.1 Å². The summed E-state index contributed by atoms with van der Waals surface area (Å²) in [7, 11) is 0. The summed E-state index contributed by atoms with van der Waals surface area (Å²) in [6.45, 7) is 7.01. The zero-order valence-corrected chi connectivity index (χ0v) is 15.6. The average molecular weight is 378 g/mol. The van der Waals surface area contributed by atoms with E-state index in [9.17, 15) is 24.6 Å². The molecule has 0 radical (unpaired) electrons. The third-order valence-corrected chi connectivity index (χ3v) is 5.12. The number of aliphatic hydroxyl groups is 2. The normalized spacial score (nSPS) is 33.6. The van der Waals surface area contributed by atoms with Crippen molar-refractivity contribution >= 4 is 18.2 Å². The van der Waals surface area contributed by atoms with Crippen LogP contribution in [0.3, 0.4) is 0 Å². The Morgan fingerprint density at radius 1 is 1.52 bits per heavy atom. The van der Waals surface area contributed by atoms with E-state index in [4.69, 9.17) is 9.47 Å². The van der Waals surface area contributed by atoms with Crippen LogP contribution in [0.2, 0.25) is 0 Å². The molecule has 0 unspecified atom stereocenters. The molecule has 0 spiro atoms. The van der Waals surface area contributed by atoms with Crippen molar-refractivity contribution in [2.75, 3.05) is 6.61 Å². The number of aldehydes is 1. The maximum absolute atomic E-state index is 12.4. The number of carbonyl (C=O) groups is 3. The summed E-state index contributed by atoms with van der Waals surface area (Å²) in [4.78, 5) is 36.0. The second-order valence-corrected chi connectivity index (χ2v) is 6.92. The number of carbonyl (C=O) groups excluding carboxylic acids is 3. The zero-order chi connectivity index (χ0) is 20.1. The Balaban J connectivity index is 2.50. The number of rotatable bonds is 5. The fourth-order valence-corrected chi connectivity index (χ4v) is 3.18. The lowest BCUT2D eigenvalue weighted by Gasteiger charge is -2.31. The van der Waals surface area contributed by atoms with Gasteiger partial charge in [-0.3, -0.25) is 9.59 Å². The molecule has 148 valence electrons. The average Bonchev–Trinajstić information content (AvgIpc) is 2.94. The van der Waals surface area contributed by atoms with Crippen molar-refractivity contribution in [1.82, 2.24) is 0 Å². The first-order chi connectivity index (χ1) is 12.8. The minimum atomic E-state index is -1.42. The molecule has 1 aliphatic carbocycles. The predicted molar refractivity (Wildman–Crippen MR) is 96.4 cm³/mol. The predicted octanol–water partition coefficient (Wildman–Crippen LogP) is 1.24. The topological polar surface area (TPSA) is 110 Å². The molecule has 1 fully saturated rings. The number of hydrogen-bond acceptors (Lipinski definition) is 7. The third kappa shape index (κ3) is 4.54. The lowest BCUT2D eigenvalue weighted by molar-refractivity contribution is -0.162. The fraction of sp³-hybridized carbons (Fsp3) is 0.550. The Kier molecular flexibility index (Phi) is 7.10. The molecule has 1 heterocycles. The molecule has 1 saturated heterocycles. The van der Waals surface area contributed by atoms with Gasteiger partial charge in [0.2, 0.25) is 0 Å².